The Morgan fingerprint density at radius 1 is 1.33 bits per heavy atom. The second-order valence-corrected chi connectivity index (χ2v) is 3.69. The number of hydrogen-bond acceptors (Lipinski definition) is 2. The van der Waals surface area contributed by atoms with Gasteiger partial charge in [0.05, 0.1) is 6.61 Å². The van der Waals surface area contributed by atoms with Crippen LogP contribution < -0.4 is 4.74 Å². The molecule has 0 fully saturated rings. The molecule has 1 atom stereocenters. The van der Waals surface area contributed by atoms with Crippen LogP contribution in [0.25, 0.3) is 0 Å². The Hall–Kier alpha value is -1.02. The maximum absolute atomic E-state index is 9.19. The lowest BCUT2D eigenvalue weighted by molar-refractivity contribution is 0.271. The van der Waals surface area contributed by atoms with Gasteiger partial charge in [0.25, 0.3) is 0 Å². The number of ether oxygens (including phenoxy) is 1. The van der Waals surface area contributed by atoms with Crippen LogP contribution in [0.15, 0.2) is 18.2 Å². The van der Waals surface area contributed by atoms with E-state index in [1.54, 1.807) is 0 Å². The van der Waals surface area contributed by atoms with Crippen molar-refractivity contribution in [1.82, 2.24) is 0 Å². The molecule has 84 valence electrons. The second kappa shape index (κ2) is 5.76. The Bertz CT molecular complexity index is 307. The molecule has 0 bridgehead atoms. The standard InChI is InChI=1S/C13H20O2/c1-4-11-12(10(3)9-14)7-6-8-13(11)15-5-2/h6-8,10,14H,4-5,9H2,1-3H3. The van der Waals surface area contributed by atoms with Gasteiger partial charge in [-0.2, -0.15) is 0 Å². The molecule has 0 aliphatic heterocycles. The number of aliphatic hydroxyl groups excluding tert-OH is 1. The molecule has 2 heteroatoms. The zero-order valence-electron chi connectivity index (χ0n) is 9.79. The Labute approximate surface area is 91.9 Å². The SMILES string of the molecule is CCOc1cccc(C(C)CO)c1CC. The van der Waals surface area contributed by atoms with Gasteiger partial charge in [0.15, 0.2) is 0 Å². The van der Waals surface area contributed by atoms with E-state index in [4.69, 9.17) is 4.74 Å². The third-order valence-corrected chi connectivity index (χ3v) is 2.63. The Balaban J connectivity index is 3.09. The topological polar surface area (TPSA) is 29.5 Å². The molecular weight excluding hydrogens is 188 g/mol. The fraction of sp³-hybridized carbons (Fsp3) is 0.538. The first-order chi connectivity index (χ1) is 7.24. The molecule has 1 aromatic carbocycles. The van der Waals surface area contributed by atoms with Gasteiger partial charge in [0, 0.05) is 12.5 Å². The molecule has 1 rings (SSSR count). The zero-order chi connectivity index (χ0) is 11.3. The number of aliphatic hydroxyl groups is 1. The minimum absolute atomic E-state index is 0.181. The molecule has 0 spiro atoms. The first-order valence-corrected chi connectivity index (χ1v) is 5.60. The van der Waals surface area contributed by atoms with E-state index in [9.17, 15) is 5.11 Å². The van der Waals surface area contributed by atoms with Crippen molar-refractivity contribution in [2.24, 2.45) is 0 Å². The number of benzene rings is 1. The lowest BCUT2D eigenvalue weighted by atomic mass is 9.94. The molecule has 0 saturated heterocycles. The summed E-state index contributed by atoms with van der Waals surface area (Å²) in [5.74, 6) is 1.14. The van der Waals surface area contributed by atoms with Crippen LogP contribution in [0.2, 0.25) is 0 Å². The normalized spacial score (nSPS) is 12.5. The molecule has 0 radical (unpaired) electrons. The third-order valence-electron chi connectivity index (χ3n) is 2.63. The van der Waals surface area contributed by atoms with Crippen molar-refractivity contribution in [2.45, 2.75) is 33.1 Å². The Morgan fingerprint density at radius 2 is 2.07 bits per heavy atom. The van der Waals surface area contributed by atoms with Crippen LogP contribution in [-0.2, 0) is 6.42 Å². The minimum Gasteiger partial charge on any atom is -0.494 e. The molecule has 1 N–H and O–H groups in total. The lowest BCUT2D eigenvalue weighted by Crippen LogP contribution is -2.05. The maximum atomic E-state index is 9.19. The van der Waals surface area contributed by atoms with Crippen LogP contribution in [-0.4, -0.2) is 18.3 Å². The predicted octanol–water partition coefficient (Wildman–Crippen LogP) is 2.74. The van der Waals surface area contributed by atoms with E-state index < -0.39 is 0 Å². The van der Waals surface area contributed by atoms with Crippen molar-refractivity contribution < 1.29 is 9.84 Å². The zero-order valence-corrected chi connectivity index (χ0v) is 9.79. The van der Waals surface area contributed by atoms with Gasteiger partial charge in [-0.25, -0.2) is 0 Å². The highest BCUT2D eigenvalue weighted by Crippen LogP contribution is 2.28. The molecule has 0 amide bonds. The third kappa shape index (κ3) is 2.72. The predicted molar refractivity (Wildman–Crippen MR) is 62.5 cm³/mol. The molecule has 1 aromatic rings. The summed E-state index contributed by atoms with van der Waals surface area (Å²) in [5.41, 5.74) is 2.42. The average Bonchev–Trinajstić information content (AvgIpc) is 2.28. The van der Waals surface area contributed by atoms with Crippen molar-refractivity contribution >= 4 is 0 Å². The lowest BCUT2D eigenvalue weighted by Gasteiger charge is -2.17. The summed E-state index contributed by atoms with van der Waals surface area (Å²) in [6, 6.07) is 6.06. The number of rotatable bonds is 5. The molecule has 15 heavy (non-hydrogen) atoms. The van der Waals surface area contributed by atoms with E-state index >= 15 is 0 Å². The van der Waals surface area contributed by atoms with Crippen molar-refractivity contribution in [1.29, 1.82) is 0 Å². The van der Waals surface area contributed by atoms with Crippen LogP contribution in [0.5, 0.6) is 5.75 Å². The van der Waals surface area contributed by atoms with Gasteiger partial charge in [-0.05, 0) is 30.5 Å². The van der Waals surface area contributed by atoms with Crippen LogP contribution in [0.3, 0.4) is 0 Å². The van der Waals surface area contributed by atoms with E-state index in [1.165, 1.54) is 11.1 Å². The summed E-state index contributed by atoms with van der Waals surface area (Å²) in [5, 5.41) is 9.19. The largest absolute Gasteiger partial charge is 0.494 e. The molecule has 0 heterocycles. The Kier molecular flexibility index (Phi) is 4.63. The van der Waals surface area contributed by atoms with Gasteiger partial charge in [-0.3, -0.25) is 0 Å². The van der Waals surface area contributed by atoms with Crippen molar-refractivity contribution in [3.63, 3.8) is 0 Å². The van der Waals surface area contributed by atoms with E-state index in [-0.39, 0.29) is 12.5 Å². The summed E-state index contributed by atoms with van der Waals surface area (Å²) in [6.45, 7) is 7.00. The summed E-state index contributed by atoms with van der Waals surface area (Å²) >= 11 is 0. The van der Waals surface area contributed by atoms with E-state index in [0.29, 0.717) is 6.61 Å². The summed E-state index contributed by atoms with van der Waals surface area (Å²) in [4.78, 5) is 0. The highest BCUT2D eigenvalue weighted by molar-refractivity contribution is 5.42. The monoisotopic (exact) mass is 208 g/mol. The van der Waals surface area contributed by atoms with E-state index in [0.717, 1.165) is 12.2 Å². The molecule has 0 aromatic heterocycles. The highest BCUT2D eigenvalue weighted by Gasteiger charge is 2.12. The highest BCUT2D eigenvalue weighted by atomic mass is 16.5. The van der Waals surface area contributed by atoms with E-state index in [1.807, 2.05) is 26.0 Å². The van der Waals surface area contributed by atoms with Gasteiger partial charge in [-0.15, -0.1) is 0 Å². The van der Waals surface area contributed by atoms with Gasteiger partial charge in [0.2, 0.25) is 0 Å². The smallest absolute Gasteiger partial charge is 0.122 e. The number of hydrogen-bond donors (Lipinski definition) is 1. The summed E-state index contributed by atoms with van der Waals surface area (Å²) in [6.07, 6.45) is 0.940. The van der Waals surface area contributed by atoms with Crippen LogP contribution in [0.4, 0.5) is 0 Å². The Morgan fingerprint density at radius 3 is 2.60 bits per heavy atom. The van der Waals surface area contributed by atoms with Crippen LogP contribution in [0, 0.1) is 0 Å². The quantitative estimate of drug-likeness (QED) is 0.806. The van der Waals surface area contributed by atoms with Crippen molar-refractivity contribution in [3.8, 4) is 5.75 Å². The molecule has 0 aliphatic carbocycles. The molecule has 2 nitrogen and oxygen atoms in total. The van der Waals surface area contributed by atoms with Crippen LogP contribution >= 0.6 is 0 Å². The summed E-state index contributed by atoms with van der Waals surface area (Å²) in [7, 11) is 0. The first-order valence-electron chi connectivity index (χ1n) is 5.60. The van der Waals surface area contributed by atoms with E-state index in [2.05, 4.69) is 13.0 Å². The molecular formula is C13H20O2. The molecule has 0 saturated carbocycles. The second-order valence-electron chi connectivity index (χ2n) is 3.69. The fourth-order valence-corrected chi connectivity index (χ4v) is 1.81. The maximum Gasteiger partial charge on any atom is 0.122 e. The van der Waals surface area contributed by atoms with Gasteiger partial charge >= 0.3 is 0 Å². The molecule has 0 aliphatic rings. The first kappa shape index (κ1) is 12.1. The van der Waals surface area contributed by atoms with Crippen LogP contribution in [0.1, 0.15) is 37.8 Å². The van der Waals surface area contributed by atoms with Crippen molar-refractivity contribution in [3.05, 3.63) is 29.3 Å². The molecule has 1 unspecified atom stereocenters. The van der Waals surface area contributed by atoms with Crippen molar-refractivity contribution in [2.75, 3.05) is 13.2 Å². The minimum atomic E-state index is 0.181. The summed E-state index contributed by atoms with van der Waals surface area (Å²) < 4.78 is 5.58. The average molecular weight is 208 g/mol. The van der Waals surface area contributed by atoms with Gasteiger partial charge < -0.3 is 9.84 Å². The fourth-order valence-electron chi connectivity index (χ4n) is 1.81. The van der Waals surface area contributed by atoms with Gasteiger partial charge in [-0.1, -0.05) is 26.0 Å². The van der Waals surface area contributed by atoms with Gasteiger partial charge in [0.1, 0.15) is 5.75 Å².